The minimum Gasteiger partial charge on any atom is -0.366 e. The monoisotopic (exact) mass is 227 g/mol. The molecule has 17 heavy (non-hydrogen) atoms. The first kappa shape index (κ1) is 10.6. The normalized spacial score (nSPS) is 19.0. The van der Waals surface area contributed by atoms with E-state index < -0.39 is 0 Å². The molecule has 0 radical (unpaired) electrons. The fourth-order valence-corrected chi connectivity index (χ4v) is 2.57. The second kappa shape index (κ2) is 4.37. The van der Waals surface area contributed by atoms with Crippen molar-refractivity contribution < 1.29 is 0 Å². The molecular formula is C14H17N3. The summed E-state index contributed by atoms with van der Waals surface area (Å²) in [6.45, 7) is 0. The van der Waals surface area contributed by atoms with Crippen LogP contribution >= 0.6 is 0 Å². The molecule has 0 aromatic carbocycles. The predicted molar refractivity (Wildman–Crippen MR) is 66.9 cm³/mol. The average molecular weight is 227 g/mol. The smallest absolute Gasteiger partial charge is 0.144 e. The molecule has 1 saturated carbocycles. The quantitative estimate of drug-likeness (QED) is 0.845. The van der Waals surface area contributed by atoms with E-state index in [0.29, 0.717) is 6.04 Å². The fourth-order valence-electron chi connectivity index (χ4n) is 2.57. The second-order valence-corrected chi connectivity index (χ2v) is 5.08. The summed E-state index contributed by atoms with van der Waals surface area (Å²) in [4.78, 5) is 4.67. The number of anilines is 1. The summed E-state index contributed by atoms with van der Waals surface area (Å²) < 4.78 is 0. The molecule has 88 valence electrons. The van der Waals surface area contributed by atoms with Crippen LogP contribution in [-0.2, 0) is 12.8 Å². The van der Waals surface area contributed by atoms with Crippen LogP contribution in [0.1, 0.15) is 48.9 Å². The standard InChI is InChI=1S/C14H17N3/c15-9-11-8-10-4-1-2-7-13(10)17-14(11)16-12-5-3-6-12/h8,12H,1-7H2,(H,16,17). The summed E-state index contributed by atoms with van der Waals surface area (Å²) in [6, 6.07) is 4.86. The second-order valence-electron chi connectivity index (χ2n) is 5.08. The molecular weight excluding hydrogens is 210 g/mol. The van der Waals surface area contributed by atoms with Gasteiger partial charge in [0.1, 0.15) is 11.9 Å². The SMILES string of the molecule is N#Cc1cc2c(nc1NC1CCC1)CCCC2. The van der Waals surface area contributed by atoms with Gasteiger partial charge in [-0.25, -0.2) is 4.98 Å². The maximum atomic E-state index is 9.19. The number of hydrogen-bond donors (Lipinski definition) is 1. The first-order chi connectivity index (χ1) is 8.36. The van der Waals surface area contributed by atoms with Crippen LogP contribution in [0.25, 0.3) is 0 Å². The molecule has 3 nitrogen and oxygen atoms in total. The van der Waals surface area contributed by atoms with E-state index >= 15 is 0 Å². The summed E-state index contributed by atoms with van der Waals surface area (Å²) in [6.07, 6.45) is 8.34. The van der Waals surface area contributed by atoms with Crippen molar-refractivity contribution in [2.75, 3.05) is 5.32 Å². The Labute approximate surface area is 102 Å². The Morgan fingerprint density at radius 3 is 2.76 bits per heavy atom. The van der Waals surface area contributed by atoms with E-state index in [9.17, 15) is 5.26 Å². The Balaban J connectivity index is 1.92. The maximum absolute atomic E-state index is 9.19. The number of aromatic nitrogens is 1. The number of nitrogens with zero attached hydrogens (tertiary/aromatic N) is 2. The van der Waals surface area contributed by atoms with Gasteiger partial charge >= 0.3 is 0 Å². The number of nitrogens with one attached hydrogen (secondary N) is 1. The number of fused-ring (bicyclic) bond motifs is 1. The lowest BCUT2D eigenvalue weighted by atomic mass is 9.92. The van der Waals surface area contributed by atoms with Crippen molar-refractivity contribution in [3.8, 4) is 6.07 Å². The minimum atomic E-state index is 0.538. The Hall–Kier alpha value is -1.56. The summed E-state index contributed by atoms with van der Waals surface area (Å²) in [5.41, 5.74) is 3.21. The highest BCUT2D eigenvalue weighted by atomic mass is 15.0. The number of rotatable bonds is 2. The first-order valence-electron chi connectivity index (χ1n) is 6.56. The van der Waals surface area contributed by atoms with Gasteiger partial charge in [0, 0.05) is 11.7 Å². The maximum Gasteiger partial charge on any atom is 0.144 e. The molecule has 1 aromatic heterocycles. The van der Waals surface area contributed by atoms with Crippen molar-refractivity contribution in [3.05, 3.63) is 22.9 Å². The highest BCUT2D eigenvalue weighted by Gasteiger charge is 2.21. The van der Waals surface area contributed by atoms with E-state index in [2.05, 4.69) is 16.4 Å². The zero-order valence-corrected chi connectivity index (χ0v) is 10.00. The molecule has 0 bridgehead atoms. The molecule has 3 heteroatoms. The van der Waals surface area contributed by atoms with Gasteiger partial charge in [0.25, 0.3) is 0 Å². The lowest BCUT2D eigenvalue weighted by molar-refractivity contribution is 0.444. The van der Waals surface area contributed by atoms with Crippen molar-refractivity contribution in [2.45, 2.75) is 51.0 Å². The number of hydrogen-bond acceptors (Lipinski definition) is 3. The zero-order chi connectivity index (χ0) is 11.7. The van der Waals surface area contributed by atoms with Crippen LogP contribution in [0.4, 0.5) is 5.82 Å². The summed E-state index contributed by atoms with van der Waals surface area (Å²) in [7, 11) is 0. The lowest BCUT2D eigenvalue weighted by Gasteiger charge is -2.28. The largest absolute Gasteiger partial charge is 0.366 e. The van der Waals surface area contributed by atoms with Gasteiger partial charge in [-0.15, -0.1) is 0 Å². The number of pyridine rings is 1. The van der Waals surface area contributed by atoms with Crippen molar-refractivity contribution >= 4 is 5.82 Å². The third-order valence-corrected chi connectivity index (χ3v) is 3.87. The predicted octanol–water partition coefficient (Wildman–Crippen LogP) is 2.80. The fraction of sp³-hybridized carbons (Fsp3) is 0.571. The van der Waals surface area contributed by atoms with E-state index in [1.54, 1.807) is 0 Å². The Morgan fingerprint density at radius 1 is 1.24 bits per heavy atom. The molecule has 0 aliphatic heterocycles. The summed E-state index contributed by atoms with van der Waals surface area (Å²) >= 11 is 0. The van der Waals surface area contributed by atoms with E-state index in [1.165, 1.54) is 43.4 Å². The van der Waals surface area contributed by atoms with Gasteiger partial charge in [0.2, 0.25) is 0 Å². The van der Waals surface area contributed by atoms with Crippen LogP contribution < -0.4 is 5.32 Å². The van der Waals surface area contributed by atoms with Crippen LogP contribution in [0.15, 0.2) is 6.07 Å². The first-order valence-corrected chi connectivity index (χ1v) is 6.56. The van der Waals surface area contributed by atoms with Crippen molar-refractivity contribution in [3.63, 3.8) is 0 Å². The highest BCUT2D eigenvalue weighted by molar-refractivity contribution is 5.55. The molecule has 0 amide bonds. The molecule has 0 spiro atoms. The van der Waals surface area contributed by atoms with Gasteiger partial charge in [-0.1, -0.05) is 0 Å². The molecule has 0 unspecified atom stereocenters. The Morgan fingerprint density at radius 2 is 2.06 bits per heavy atom. The van der Waals surface area contributed by atoms with E-state index in [1.807, 2.05) is 6.07 Å². The van der Waals surface area contributed by atoms with Crippen LogP contribution in [0.5, 0.6) is 0 Å². The molecule has 1 heterocycles. The average Bonchev–Trinajstić information content (AvgIpc) is 2.32. The van der Waals surface area contributed by atoms with Gasteiger partial charge in [-0.05, 0) is 56.6 Å². The van der Waals surface area contributed by atoms with Crippen molar-refractivity contribution in [2.24, 2.45) is 0 Å². The van der Waals surface area contributed by atoms with Gasteiger partial charge in [-0.2, -0.15) is 5.26 Å². The molecule has 2 aliphatic carbocycles. The van der Waals surface area contributed by atoms with Crippen molar-refractivity contribution in [1.82, 2.24) is 4.98 Å². The van der Waals surface area contributed by atoms with Gasteiger partial charge in [0.15, 0.2) is 0 Å². The molecule has 1 fully saturated rings. The minimum absolute atomic E-state index is 0.538. The molecule has 3 rings (SSSR count). The van der Waals surface area contributed by atoms with Gasteiger partial charge in [-0.3, -0.25) is 0 Å². The summed E-state index contributed by atoms with van der Waals surface area (Å²) in [5, 5.41) is 12.6. The molecule has 1 aromatic rings. The topological polar surface area (TPSA) is 48.7 Å². The van der Waals surface area contributed by atoms with Crippen LogP contribution in [0.3, 0.4) is 0 Å². The van der Waals surface area contributed by atoms with Crippen molar-refractivity contribution in [1.29, 1.82) is 5.26 Å². The number of nitriles is 1. The lowest BCUT2D eigenvalue weighted by Crippen LogP contribution is -2.28. The molecule has 1 N–H and O–H groups in total. The van der Waals surface area contributed by atoms with Gasteiger partial charge in [0.05, 0.1) is 5.56 Å². The van der Waals surface area contributed by atoms with Crippen LogP contribution in [0.2, 0.25) is 0 Å². The third kappa shape index (κ3) is 2.00. The third-order valence-electron chi connectivity index (χ3n) is 3.87. The van der Waals surface area contributed by atoms with E-state index in [0.717, 1.165) is 24.2 Å². The molecule has 0 atom stereocenters. The molecule has 2 aliphatic rings. The van der Waals surface area contributed by atoms with Crippen LogP contribution in [0, 0.1) is 11.3 Å². The Bertz CT molecular complexity index is 469. The van der Waals surface area contributed by atoms with Crippen LogP contribution in [-0.4, -0.2) is 11.0 Å². The van der Waals surface area contributed by atoms with Gasteiger partial charge < -0.3 is 5.32 Å². The van der Waals surface area contributed by atoms with E-state index in [-0.39, 0.29) is 0 Å². The highest BCUT2D eigenvalue weighted by Crippen LogP contribution is 2.27. The van der Waals surface area contributed by atoms with E-state index in [4.69, 9.17) is 0 Å². The zero-order valence-electron chi connectivity index (χ0n) is 10.00. The molecule has 0 saturated heterocycles. The Kier molecular flexibility index (Phi) is 2.72. The summed E-state index contributed by atoms with van der Waals surface area (Å²) in [5.74, 6) is 0.817. The number of aryl methyl sites for hydroxylation is 2.